The van der Waals surface area contributed by atoms with Gasteiger partial charge in [0.1, 0.15) is 0 Å². The van der Waals surface area contributed by atoms with E-state index in [2.05, 4.69) is 9.97 Å². The van der Waals surface area contributed by atoms with Crippen molar-refractivity contribution in [2.45, 2.75) is 0 Å². The van der Waals surface area contributed by atoms with Gasteiger partial charge in [0.25, 0.3) is 0 Å². The van der Waals surface area contributed by atoms with Gasteiger partial charge in [-0.05, 0) is 24.3 Å². The Hall–Kier alpha value is -2.20. The molecule has 0 N–H and O–H groups in total. The Balaban J connectivity index is 2.48. The molecule has 4 nitrogen and oxygen atoms in total. The van der Waals surface area contributed by atoms with Gasteiger partial charge in [0.15, 0.2) is 0 Å². The van der Waals surface area contributed by atoms with Gasteiger partial charge in [0.2, 0.25) is 11.2 Å². The van der Waals surface area contributed by atoms with E-state index >= 15 is 0 Å². The first-order chi connectivity index (χ1) is 8.75. The van der Waals surface area contributed by atoms with Crippen molar-refractivity contribution < 1.29 is 0 Å². The third-order valence-electron chi connectivity index (χ3n) is 3.14. The zero-order chi connectivity index (χ0) is 12.3. The van der Waals surface area contributed by atoms with Crippen LogP contribution in [0.3, 0.4) is 0 Å². The molecule has 4 aromatic rings. The van der Waals surface area contributed by atoms with Gasteiger partial charge in [0, 0.05) is 22.0 Å². The summed E-state index contributed by atoms with van der Waals surface area (Å²) in [5.74, 6) is 0.529. The molecule has 0 saturated carbocycles. The molecule has 0 spiro atoms. The molecule has 0 aliphatic rings. The highest BCUT2D eigenvalue weighted by Gasteiger charge is 2.12. The highest BCUT2D eigenvalue weighted by molar-refractivity contribution is 6.31. The maximum absolute atomic E-state index is 12.4. The molecule has 5 heteroatoms. The Kier molecular flexibility index (Phi) is 1.73. The van der Waals surface area contributed by atoms with Crippen molar-refractivity contribution in [3.63, 3.8) is 0 Å². The minimum absolute atomic E-state index is 0.0282. The second kappa shape index (κ2) is 3.17. The van der Waals surface area contributed by atoms with Crippen molar-refractivity contribution in [1.29, 1.82) is 0 Å². The fraction of sp³-hybridized carbons (Fsp3) is 0. The molecular formula is C13H6ClN3O. The number of hydrogen-bond acceptors (Lipinski definition) is 3. The molecule has 3 heterocycles. The summed E-state index contributed by atoms with van der Waals surface area (Å²) in [5, 5.41) is 2.06. The number of fused-ring (bicyclic) bond motifs is 2. The van der Waals surface area contributed by atoms with E-state index in [1.54, 1.807) is 41.1 Å². The highest BCUT2D eigenvalue weighted by Crippen LogP contribution is 2.24. The lowest BCUT2D eigenvalue weighted by Crippen LogP contribution is -2.08. The van der Waals surface area contributed by atoms with E-state index in [-0.39, 0.29) is 5.43 Å². The van der Waals surface area contributed by atoms with Gasteiger partial charge in [-0.15, -0.1) is 0 Å². The lowest BCUT2D eigenvalue weighted by molar-refractivity contribution is 1.17. The summed E-state index contributed by atoms with van der Waals surface area (Å²) in [7, 11) is 0. The van der Waals surface area contributed by atoms with Gasteiger partial charge in [-0.3, -0.25) is 9.20 Å². The summed E-state index contributed by atoms with van der Waals surface area (Å²) >= 11 is 6.00. The monoisotopic (exact) mass is 255 g/mol. The van der Waals surface area contributed by atoms with Crippen LogP contribution in [0.15, 0.2) is 41.5 Å². The molecule has 0 radical (unpaired) electrons. The zero-order valence-corrected chi connectivity index (χ0v) is 9.85. The van der Waals surface area contributed by atoms with Gasteiger partial charge < -0.3 is 0 Å². The molecule has 0 fully saturated rings. The second-order valence-electron chi connectivity index (χ2n) is 4.13. The predicted molar refractivity (Wildman–Crippen MR) is 70.5 cm³/mol. The molecule has 0 bridgehead atoms. The van der Waals surface area contributed by atoms with Crippen LogP contribution in [0.1, 0.15) is 0 Å². The molecule has 3 aromatic heterocycles. The van der Waals surface area contributed by atoms with Crippen LogP contribution in [0.4, 0.5) is 0 Å². The summed E-state index contributed by atoms with van der Waals surface area (Å²) in [6.07, 6.45) is 3.31. The lowest BCUT2D eigenvalue weighted by Gasteiger charge is -2.04. The van der Waals surface area contributed by atoms with Gasteiger partial charge in [-0.25, -0.2) is 9.97 Å². The number of aromatic nitrogens is 3. The SMILES string of the molecule is O=c1c2ccc(Cl)cc2c2cnc3nccc1n32. The molecule has 0 saturated heterocycles. The second-order valence-corrected chi connectivity index (χ2v) is 4.56. The van der Waals surface area contributed by atoms with Gasteiger partial charge >= 0.3 is 0 Å². The molecule has 86 valence electrons. The summed E-state index contributed by atoms with van der Waals surface area (Å²) in [6.45, 7) is 0. The molecule has 0 aliphatic carbocycles. The van der Waals surface area contributed by atoms with Crippen LogP contribution in [-0.2, 0) is 0 Å². The first kappa shape index (κ1) is 9.79. The highest BCUT2D eigenvalue weighted by atomic mass is 35.5. The quantitative estimate of drug-likeness (QED) is 0.454. The minimum atomic E-state index is -0.0282. The van der Waals surface area contributed by atoms with Gasteiger partial charge in [0.05, 0.1) is 17.2 Å². The number of imidazole rings is 1. The molecule has 4 rings (SSSR count). The fourth-order valence-electron chi connectivity index (χ4n) is 2.35. The van der Waals surface area contributed by atoms with E-state index in [1.807, 2.05) is 0 Å². The maximum atomic E-state index is 12.4. The topological polar surface area (TPSA) is 47.3 Å². The Bertz CT molecular complexity index is 961. The zero-order valence-electron chi connectivity index (χ0n) is 9.09. The van der Waals surface area contributed by atoms with Gasteiger partial charge in [-0.1, -0.05) is 11.6 Å². The Morgan fingerprint density at radius 1 is 1.06 bits per heavy atom. The standard InChI is InChI=1S/C13H6ClN3O/c14-7-1-2-8-9(5-7)11-6-16-13-15-4-3-10(12(8)18)17(11)13/h1-6H. The number of benzene rings is 1. The van der Waals surface area contributed by atoms with Crippen LogP contribution in [0.2, 0.25) is 5.02 Å². The molecule has 1 aromatic carbocycles. The van der Waals surface area contributed by atoms with Crippen molar-refractivity contribution in [3.05, 3.63) is 51.9 Å². The average Bonchev–Trinajstić information content (AvgIpc) is 2.80. The molecule has 18 heavy (non-hydrogen) atoms. The van der Waals surface area contributed by atoms with E-state index in [1.165, 1.54) is 0 Å². The summed E-state index contributed by atoms with van der Waals surface area (Å²) < 4.78 is 1.76. The summed E-state index contributed by atoms with van der Waals surface area (Å²) in [6, 6.07) is 6.97. The Morgan fingerprint density at radius 2 is 1.94 bits per heavy atom. The summed E-state index contributed by atoms with van der Waals surface area (Å²) in [4.78, 5) is 20.7. The van der Waals surface area contributed by atoms with Crippen LogP contribution < -0.4 is 5.43 Å². The van der Waals surface area contributed by atoms with E-state index < -0.39 is 0 Å². The number of pyridine rings is 1. The molecule has 0 unspecified atom stereocenters. The van der Waals surface area contributed by atoms with Crippen LogP contribution in [0.5, 0.6) is 0 Å². The molecule has 0 aliphatic heterocycles. The van der Waals surface area contributed by atoms with Crippen LogP contribution in [-0.4, -0.2) is 14.4 Å². The smallest absolute Gasteiger partial charge is 0.234 e. The van der Waals surface area contributed by atoms with Gasteiger partial charge in [-0.2, -0.15) is 0 Å². The minimum Gasteiger partial charge on any atom is -0.287 e. The van der Waals surface area contributed by atoms with Crippen LogP contribution in [0, 0.1) is 0 Å². The van der Waals surface area contributed by atoms with Crippen molar-refractivity contribution >= 4 is 39.2 Å². The lowest BCUT2D eigenvalue weighted by atomic mass is 10.1. The van der Waals surface area contributed by atoms with Crippen LogP contribution >= 0.6 is 11.6 Å². The third-order valence-corrected chi connectivity index (χ3v) is 3.38. The van der Waals surface area contributed by atoms with E-state index in [9.17, 15) is 4.79 Å². The average molecular weight is 256 g/mol. The first-order valence-electron chi connectivity index (χ1n) is 5.43. The number of nitrogens with zero attached hydrogens (tertiary/aromatic N) is 3. The maximum Gasteiger partial charge on any atom is 0.234 e. The molecule has 0 amide bonds. The number of hydrogen-bond donors (Lipinski definition) is 0. The predicted octanol–water partition coefficient (Wildman–Crippen LogP) is 2.49. The van der Waals surface area contributed by atoms with E-state index in [4.69, 9.17) is 11.6 Å². The first-order valence-corrected chi connectivity index (χ1v) is 5.80. The number of rotatable bonds is 0. The fourth-order valence-corrected chi connectivity index (χ4v) is 2.52. The van der Waals surface area contributed by atoms with Crippen molar-refractivity contribution in [2.75, 3.05) is 0 Å². The third kappa shape index (κ3) is 1.08. The normalized spacial score (nSPS) is 11.8. The summed E-state index contributed by atoms with van der Waals surface area (Å²) in [5.41, 5.74) is 1.41. The Morgan fingerprint density at radius 3 is 2.83 bits per heavy atom. The number of halogens is 1. The van der Waals surface area contributed by atoms with Crippen molar-refractivity contribution in [3.8, 4) is 0 Å². The van der Waals surface area contributed by atoms with Crippen LogP contribution in [0.25, 0.3) is 27.6 Å². The van der Waals surface area contributed by atoms with Crippen molar-refractivity contribution in [2.24, 2.45) is 0 Å². The Labute approximate surface area is 106 Å². The van der Waals surface area contributed by atoms with Crippen molar-refractivity contribution in [1.82, 2.24) is 14.4 Å². The largest absolute Gasteiger partial charge is 0.287 e. The molecular weight excluding hydrogens is 250 g/mol. The molecule has 0 atom stereocenters. The van der Waals surface area contributed by atoms with E-state index in [0.717, 1.165) is 10.9 Å². The van der Waals surface area contributed by atoms with E-state index in [0.29, 0.717) is 21.7 Å².